The van der Waals surface area contributed by atoms with E-state index in [4.69, 9.17) is 9.47 Å². The van der Waals surface area contributed by atoms with Crippen LogP contribution >= 0.6 is 0 Å². The predicted octanol–water partition coefficient (Wildman–Crippen LogP) is 8.21. The van der Waals surface area contributed by atoms with Crippen LogP contribution in [-0.2, 0) is 19.2 Å². The van der Waals surface area contributed by atoms with Crippen molar-refractivity contribution in [3.63, 3.8) is 0 Å². The first-order chi connectivity index (χ1) is 29.3. The molecule has 2 aliphatic rings. The van der Waals surface area contributed by atoms with Crippen LogP contribution in [0.5, 0.6) is 11.5 Å². The van der Waals surface area contributed by atoms with Crippen molar-refractivity contribution in [2.24, 2.45) is 10.2 Å². The number of rotatable bonds is 11. The van der Waals surface area contributed by atoms with Crippen LogP contribution in [0.2, 0.25) is 0 Å². The average Bonchev–Trinajstić information content (AvgIpc) is 3.28. The van der Waals surface area contributed by atoms with Crippen molar-refractivity contribution in [3.8, 4) is 22.6 Å². The van der Waals surface area contributed by atoms with Crippen molar-refractivity contribution >= 4 is 69.7 Å². The zero-order valence-corrected chi connectivity index (χ0v) is 32.4. The van der Waals surface area contributed by atoms with E-state index < -0.39 is 23.4 Å². The molecule has 6 aromatic carbocycles. The van der Waals surface area contributed by atoms with Crippen molar-refractivity contribution in [2.45, 2.75) is 0 Å². The third-order valence-corrected chi connectivity index (χ3v) is 9.82. The molecular weight excluding hydrogens is 757 g/mol. The first-order valence-corrected chi connectivity index (χ1v) is 18.8. The fraction of sp³-hybridized carbons (Fsp3) is 0.0417. The third-order valence-electron chi connectivity index (χ3n) is 9.82. The second-order valence-electron chi connectivity index (χ2n) is 13.6. The first-order valence-electron chi connectivity index (χ1n) is 18.8. The van der Waals surface area contributed by atoms with E-state index >= 15 is 0 Å². The molecule has 12 nitrogen and oxygen atoms in total. The van der Waals surface area contributed by atoms with Crippen molar-refractivity contribution in [1.29, 1.82) is 0 Å². The highest BCUT2D eigenvalue weighted by Gasteiger charge is 2.32. The largest absolute Gasteiger partial charge is 0.494 e. The quantitative estimate of drug-likeness (QED) is 0.0755. The fourth-order valence-electron chi connectivity index (χ4n) is 6.78. The molecule has 6 aromatic rings. The van der Waals surface area contributed by atoms with Gasteiger partial charge in [-0.2, -0.15) is 10.2 Å². The van der Waals surface area contributed by atoms with Crippen molar-refractivity contribution in [1.82, 2.24) is 0 Å². The lowest BCUT2D eigenvalue weighted by Crippen LogP contribution is -2.30. The van der Waals surface area contributed by atoms with E-state index in [1.54, 1.807) is 97.1 Å². The van der Waals surface area contributed by atoms with E-state index in [0.717, 1.165) is 11.1 Å². The topological polar surface area (TPSA) is 160 Å². The van der Waals surface area contributed by atoms with Crippen LogP contribution in [0.1, 0.15) is 22.3 Å². The first kappa shape index (κ1) is 38.5. The van der Waals surface area contributed by atoms with Gasteiger partial charge >= 0.3 is 0 Å². The van der Waals surface area contributed by atoms with Crippen LogP contribution in [0.15, 0.2) is 167 Å². The number of ether oxygens (including phenoxy) is 2. The van der Waals surface area contributed by atoms with Gasteiger partial charge in [0.05, 0.1) is 36.7 Å². The Hall–Kier alpha value is -8.38. The van der Waals surface area contributed by atoms with Crippen molar-refractivity contribution in [2.75, 3.05) is 35.7 Å². The third kappa shape index (κ3) is 7.93. The number of Topliss-reactive ketones (excluding diaryl/α,β-unsaturated/α-hetero) is 2. The summed E-state index contributed by atoms with van der Waals surface area (Å²) in [5.41, 5.74) is 12.2. The van der Waals surface area contributed by atoms with E-state index in [-0.39, 0.29) is 22.6 Å². The number of hydrogen-bond acceptors (Lipinski definition) is 10. The summed E-state index contributed by atoms with van der Waals surface area (Å²) in [6.07, 6.45) is 3.14. The minimum atomic E-state index is -0.540. The van der Waals surface area contributed by atoms with Gasteiger partial charge in [0.2, 0.25) is 11.6 Å². The molecular formula is C48H36N6O6. The molecule has 12 heteroatoms. The highest BCUT2D eigenvalue weighted by molar-refractivity contribution is 6.60. The Bertz CT molecular complexity index is 2620. The Morgan fingerprint density at radius 3 is 1.27 bits per heavy atom. The molecule has 294 valence electrons. The maximum Gasteiger partial charge on any atom is 0.259 e. The molecule has 2 amide bonds. The highest BCUT2D eigenvalue weighted by Crippen LogP contribution is 2.36. The summed E-state index contributed by atoms with van der Waals surface area (Å²) in [7, 11) is 3.05. The van der Waals surface area contributed by atoms with E-state index in [1.165, 1.54) is 14.2 Å². The van der Waals surface area contributed by atoms with Crippen LogP contribution in [0.25, 0.3) is 23.3 Å². The van der Waals surface area contributed by atoms with Crippen LogP contribution in [0.3, 0.4) is 0 Å². The number of hydrazone groups is 2. The van der Waals surface area contributed by atoms with Crippen LogP contribution in [0, 0.1) is 0 Å². The number of benzene rings is 6. The standard InChI is InChI=1S/C48H36N6O6/c1-59-41-27-29(21-23-39(41)51-53-43-35-19-11-9-13-31(35)25-37(45(43)55)47(57)49-33-15-5-3-6-16-33)30-22-24-40(42(28-30)60-2)52-54-44-36-20-12-10-14-32(36)26-38(46(44)56)48(58)50-34-17-7-4-8-18-34/h3-28,51-52H,1-2H3,(H,49,57)(H,50,58). The van der Waals surface area contributed by atoms with E-state index in [2.05, 4.69) is 31.7 Å². The lowest BCUT2D eigenvalue weighted by Gasteiger charge is -2.18. The number of amides is 2. The average molecular weight is 793 g/mol. The molecule has 0 saturated heterocycles. The molecule has 2 aliphatic carbocycles. The summed E-state index contributed by atoms with van der Waals surface area (Å²) in [4.78, 5) is 54.0. The van der Waals surface area contributed by atoms with E-state index in [1.807, 2.05) is 60.7 Å². The molecule has 4 N–H and O–H groups in total. The number of hydrogen-bond donors (Lipinski definition) is 4. The monoisotopic (exact) mass is 792 g/mol. The molecule has 8 rings (SSSR count). The predicted molar refractivity (Wildman–Crippen MR) is 234 cm³/mol. The summed E-state index contributed by atoms with van der Waals surface area (Å²) in [5, 5.41) is 14.6. The second-order valence-corrected chi connectivity index (χ2v) is 13.6. The van der Waals surface area contributed by atoms with Gasteiger partial charge in [-0.1, -0.05) is 97.1 Å². The summed E-state index contributed by atoms with van der Waals surface area (Å²) in [6.45, 7) is 0. The number of carbonyl (C=O) groups is 4. The Kier molecular flexibility index (Phi) is 10.9. The van der Waals surface area contributed by atoms with Gasteiger partial charge in [-0.25, -0.2) is 0 Å². The summed E-state index contributed by atoms with van der Waals surface area (Å²) >= 11 is 0. The smallest absolute Gasteiger partial charge is 0.259 e. The van der Waals surface area contributed by atoms with Gasteiger partial charge in [-0.15, -0.1) is 0 Å². The lowest BCUT2D eigenvalue weighted by atomic mass is 9.89. The van der Waals surface area contributed by atoms with Gasteiger partial charge in [-0.3, -0.25) is 30.0 Å². The molecule has 0 atom stereocenters. The van der Waals surface area contributed by atoms with Crippen molar-refractivity contribution in [3.05, 3.63) is 179 Å². The maximum atomic E-state index is 13.7. The number of para-hydroxylation sites is 2. The second kappa shape index (κ2) is 17.0. The van der Waals surface area contributed by atoms with Crippen molar-refractivity contribution < 1.29 is 28.7 Å². The summed E-state index contributed by atoms with van der Waals surface area (Å²) in [6, 6.07) is 43.2. The molecule has 0 radical (unpaired) electrons. The Morgan fingerprint density at radius 2 is 0.867 bits per heavy atom. The van der Waals surface area contributed by atoms with Gasteiger partial charge < -0.3 is 20.1 Å². The van der Waals surface area contributed by atoms with Gasteiger partial charge in [0.15, 0.2) is 0 Å². The lowest BCUT2D eigenvalue weighted by molar-refractivity contribution is -0.118. The number of nitrogens with zero attached hydrogens (tertiary/aromatic N) is 2. The van der Waals surface area contributed by atoms with Gasteiger partial charge in [0.25, 0.3) is 11.8 Å². The molecule has 0 bridgehead atoms. The van der Waals surface area contributed by atoms with Gasteiger partial charge in [0.1, 0.15) is 22.9 Å². The van der Waals surface area contributed by atoms with E-state index in [0.29, 0.717) is 56.5 Å². The van der Waals surface area contributed by atoms with Crippen LogP contribution in [0.4, 0.5) is 22.7 Å². The molecule has 0 unspecified atom stereocenters. The number of anilines is 4. The minimum absolute atomic E-state index is 0.0401. The fourth-order valence-corrected chi connectivity index (χ4v) is 6.78. The highest BCUT2D eigenvalue weighted by atomic mass is 16.5. The van der Waals surface area contributed by atoms with E-state index in [9.17, 15) is 19.2 Å². The SMILES string of the molecule is COc1cc(-c2ccc(NN=C3C(=O)C(C(=O)Nc4ccccc4)=Cc4ccccc43)c(OC)c2)ccc1NN=C1C(=O)C(C(=O)Nc2ccccc2)=Cc2ccccc21. The molecule has 60 heavy (non-hydrogen) atoms. The Morgan fingerprint density at radius 1 is 0.483 bits per heavy atom. The molecule has 0 fully saturated rings. The number of fused-ring (bicyclic) bond motifs is 2. The molecule has 0 saturated carbocycles. The Labute approximate surface area is 345 Å². The maximum absolute atomic E-state index is 13.7. The number of ketones is 2. The summed E-state index contributed by atoms with van der Waals surface area (Å²) in [5.74, 6) is -1.26. The molecule has 0 heterocycles. The number of methoxy groups -OCH3 is 2. The zero-order valence-electron chi connectivity index (χ0n) is 32.4. The Balaban J connectivity index is 1.02. The molecule has 0 spiro atoms. The normalized spacial score (nSPS) is 14.3. The van der Waals surface area contributed by atoms with Gasteiger partial charge in [-0.05, 0) is 82.9 Å². The minimum Gasteiger partial charge on any atom is -0.494 e. The van der Waals surface area contributed by atoms with Crippen LogP contribution < -0.4 is 31.0 Å². The summed E-state index contributed by atoms with van der Waals surface area (Å²) < 4.78 is 11.5. The molecule has 0 aliphatic heterocycles. The molecule has 0 aromatic heterocycles. The number of carbonyl (C=O) groups excluding carboxylic acids is 4. The van der Waals surface area contributed by atoms with Gasteiger partial charge in [0, 0.05) is 22.5 Å². The number of nitrogens with one attached hydrogen (secondary N) is 4. The zero-order chi connectivity index (χ0) is 41.6. The van der Waals surface area contributed by atoms with Crippen LogP contribution in [-0.4, -0.2) is 49.0 Å².